The van der Waals surface area contributed by atoms with E-state index in [-0.39, 0.29) is 5.78 Å². The Hall–Kier alpha value is -1.69. The molecule has 1 aromatic rings. The van der Waals surface area contributed by atoms with Crippen molar-refractivity contribution in [2.75, 3.05) is 6.54 Å². The van der Waals surface area contributed by atoms with Crippen molar-refractivity contribution in [3.05, 3.63) is 17.5 Å². The van der Waals surface area contributed by atoms with Crippen LogP contribution in [0, 0.1) is 5.41 Å². The second kappa shape index (κ2) is 6.20. The zero-order valence-electron chi connectivity index (χ0n) is 13.8. The number of aliphatic hydroxyl groups is 1. The summed E-state index contributed by atoms with van der Waals surface area (Å²) in [6.07, 6.45) is 0.765. The first-order valence-corrected chi connectivity index (χ1v) is 7.82. The Morgan fingerprint density at radius 1 is 1.36 bits per heavy atom. The van der Waals surface area contributed by atoms with Gasteiger partial charge in [0, 0.05) is 18.5 Å². The third kappa shape index (κ3) is 3.38. The monoisotopic (exact) mass is 307 g/mol. The molecule has 0 bridgehead atoms. The lowest BCUT2D eigenvalue weighted by molar-refractivity contribution is -0.149. The van der Waals surface area contributed by atoms with Crippen LogP contribution in [0.1, 0.15) is 58.0 Å². The average molecular weight is 307 g/mol. The molecule has 0 aliphatic carbocycles. The van der Waals surface area contributed by atoms with Gasteiger partial charge in [-0.25, -0.2) is 0 Å². The predicted octanol–water partition coefficient (Wildman–Crippen LogP) is 1.67. The second-order valence-corrected chi connectivity index (χ2v) is 6.87. The molecular formula is C16H25N3O3. The molecule has 0 spiro atoms. The van der Waals surface area contributed by atoms with Gasteiger partial charge in [-0.15, -0.1) is 0 Å². The van der Waals surface area contributed by atoms with Crippen LogP contribution in [-0.2, 0) is 22.7 Å². The summed E-state index contributed by atoms with van der Waals surface area (Å²) in [4.78, 5) is 26.2. The number of aliphatic hydroxyl groups excluding tert-OH is 1. The molecule has 0 saturated heterocycles. The number of aryl methyl sites for hydroxylation is 1. The molecule has 6 nitrogen and oxygen atoms in total. The zero-order chi connectivity index (χ0) is 16.5. The van der Waals surface area contributed by atoms with E-state index in [1.807, 2.05) is 17.7 Å². The van der Waals surface area contributed by atoms with Crippen LogP contribution in [-0.4, -0.2) is 38.0 Å². The van der Waals surface area contributed by atoms with E-state index in [0.717, 1.165) is 12.1 Å². The maximum Gasteiger partial charge on any atom is 0.290 e. The van der Waals surface area contributed by atoms with E-state index >= 15 is 0 Å². The fourth-order valence-corrected chi connectivity index (χ4v) is 2.49. The molecule has 1 amide bonds. The molecule has 0 fully saturated rings. The van der Waals surface area contributed by atoms with Crippen molar-refractivity contribution < 1.29 is 14.7 Å². The number of Topliss-reactive ketones (excluding diaryl/α,β-unsaturated/α-hetero) is 1. The number of nitrogens with zero attached hydrogens (tertiary/aromatic N) is 3. The van der Waals surface area contributed by atoms with Gasteiger partial charge in [-0.1, -0.05) is 27.7 Å². The largest absolute Gasteiger partial charge is 0.387 e. The topological polar surface area (TPSA) is 75.4 Å². The number of hydrogen-bond donors (Lipinski definition) is 1. The summed E-state index contributed by atoms with van der Waals surface area (Å²) in [5, 5.41) is 14.3. The number of fused-ring (bicyclic) bond motifs is 1. The normalized spacial score (nSPS) is 16.9. The number of aromatic nitrogens is 2. The van der Waals surface area contributed by atoms with Crippen molar-refractivity contribution in [3.8, 4) is 0 Å². The Labute approximate surface area is 131 Å². The Morgan fingerprint density at radius 2 is 2.05 bits per heavy atom. The fourth-order valence-electron chi connectivity index (χ4n) is 2.49. The Kier molecular flexibility index (Phi) is 4.70. The van der Waals surface area contributed by atoms with Gasteiger partial charge >= 0.3 is 0 Å². The van der Waals surface area contributed by atoms with Crippen molar-refractivity contribution in [2.45, 2.75) is 59.7 Å². The molecule has 0 radical (unpaired) electrons. The number of carbonyl (C=O) groups is 2. The van der Waals surface area contributed by atoms with Crippen LogP contribution in [0.3, 0.4) is 0 Å². The molecule has 0 aromatic carbocycles. The molecule has 1 aliphatic rings. The predicted molar refractivity (Wildman–Crippen MR) is 82.0 cm³/mol. The lowest BCUT2D eigenvalue weighted by Crippen LogP contribution is -2.41. The van der Waals surface area contributed by atoms with E-state index in [1.54, 1.807) is 25.7 Å². The standard InChI is InChI=1S/C16H25N3O3/c1-5-13(20)12-9-11-10-18(7-6-8-19(11)17-12)15(22)14(21)16(2,3)4/h9,13,20H,5-8,10H2,1-4H3/t13-/m0/s1. The summed E-state index contributed by atoms with van der Waals surface area (Å²) in [5.74, 6) is -0.797. The molecule has 2 heterocycles. The lowest BCUT2D eigenvalue weighted by Gasteiger charge is -2.23. The third-order valence-corrected chi connectivity index (χ3v) is 3.92. The Balaban J connectivity index is 2.20. The van der Waals surface area contributed by atoms with E-state index in [0.29, 0.717) is 31.7 Å². The van der Waals surface area contributed by atoms with E-state index in [4.69, 9.17) is 0 Å². The van der Waals surface area contributed by atoms with E-state index < -0.39 is 17.4 Å². The van der Waals surface area contributed by atoms with E-state index in [9.17, 15) is 14.7 Å². The minimum absolute atomic E-state index is 0.365. The summed E-state index contributed by atoms with van der Waals surface area (Å²) < 4.78 is 1.84. The van der Waals surface area contributed by atoms with Crippen molar-refractivity contribution in [3.63, 3.8) is 0 Å². The summed E-state index contributed by atoms with van der Waals surface area (Å²) in [5.41, 5.74) is 0.830. The number of hydrogen-bond acceptors (Lipinski definition) is 4. The molecule has 1 N–H and O–H groups in total. The average Bonchev–Trinajstić information content (AvgIpc) is 2.75. The lowest BCUT2D eigenvalue weighted by atomic mass is 9.90. The van der Waals surface area contributed by atoms with Gasteiger partial charge in [0.05, 0.1) is 24.0 Å². The van der Waals surface area contributed by atoms with Gasteiger partial charge in [0.1, 0.15) is 0 Å². The number of carbonyl (C=O) groups excluding carboxylic acids is 2. The smallest absolute Gasteiger partial charge is 0.290 e. The fraction of sp³-hybridized carbons (Fsp3) is 0.688. The summed E-state index contributed by atoms with van der Waals surface area (Å²) >= 11 is 0. The van der Waals surface area contributed by atoms with Crippen LogP contribution < -0.4 is 0 Å². The molecule has 1 atom stereocenters. The highest BCUT2D eigenvalue weighted by Crippen LogP contribution is 2.22. The van der Waals surface area contributed by atoms with Crippen LogP contribution in [0.15, 0.2) is 6.07 Å². The zero-order valence-corrected chi connectivity index (χ0v) is 13.8. The Morgan fingerprint density at radius 3 is 2.64 bits per heavy atom. The van der Waals surface area contributed by atoms with E-state index in [1.165, 1.54) is 0 Å². The van der Waals surface area contributed by atoms with Crippen LogP contribution in [0.2, 0.25) is 0 Å². The summed E-state index contributed by atoms with van der Waals surface area (Å²) in [7, 11) is 0. The van der Waals surface area contributed by atoms with Gasteiger partial charge in [-0.2, -0.15) is 5.10 Å². The van der Waals surface area contributed by atoms with Crippen LogP contribution in [0.4, 0.5) is 0 Å². The van der Waals surface area contributed by atoms with Crippen LogP contribution in [0.5, 0.6) is 0 Å². The minimum Gasteiger partial charge on any atom is -0.387 e. The molecular weight excluding hydrogens is 282 g/mol. The maximum absolute atomic E-state index is 12.4. The van der Waals surface area contributed by atoms with Crippen LogP contribution in [0.25, 0.3) is 0 Å². The van der Waals surface area contributed by atoms with Gasteiger partial charge < -0.3 is 10.0 Å². The van der Waals surface area contributed by atoms with Crippen LogP contribution >= 0.6 is 0 Å². The molecule has 1 aromatic heterocycles. The van der Waals surface area contributed by atoms with Crippen molar-refractivity contribution in [1.29, 1.82) is 0 Å². The molecule has 0 saturated carbocycles. The first-order chi connectivity index (χ1) is 10.2. The molecule has 6 heteroatoms. The highest BCUT2D eigenvalue weighted by Gasteiger charge is 2.33. The first-order valence-electron chi connectivity index (χ1n) is 7.82. The van der Waals surface area contributed by atoms with Gasteiger partial charge in [-0.05, 0) is 18.9 Å². The first kappa shape index (κ1) is 16.7. The molecule has 1 aliphatic heterocycles. The van der Waals surface area contributed by atoms with Crippen molar-refractivity contribution in [1.82, 2.24) is 14.7 Å². The Bertz CT molecular complexity index is 572. The summed E-state index contributed by atoms with van der Waals surface area (Å²) in [6, 6.07) is 1.83. The third-order valence-electron chi connectivity index (χ3n) is 3.92. The van der Waals surface area contributed by atoms with Gasteiger partial charge in [-0.3, -0.25) is 14.3 Å². The van der Waals surface area contributed by atoms with Gasteiger partial charge in [0.15, 0.2) is 0 Å². The molecule has 22 heavy (non-hydrogen) atoms. The van der Waals surface area contributed by atoms with Crippen molar-refractivity contribution >= 4 is 11.7 Å². The molecule has 122 valence electrons. The minimum atomic E-state index is -0.673. The number of ketones is 1. The maximum atomic E-state index is 12.4. The highest BCUT2D eigenvalue weighted by atomic mass is 16.3. The number of amides is 1. The molecule has 2 rings (SSSR count). The van der Waals surface area contributed by atoms with Gasteiger partial charge in [0.2, 0.25) is 5.78 Å². The quantitative estimate of drug-likeness (QED) is 0.862. The number of rotatable bonds is 3. The van der Waals surface area contributed by atoms with Gasteiger partial charge in [0.25, 0.3) is 5.91 Å². The summed E-state index contributed by atoms with van der Waals surface area (Å²) in [6.45, 7) is 8.77. The van der Waals surface area contributed by atoms with Crippen molar-refractivity contribution in [2.24, 2.45) is 5.41 Å². The van der Waals surface area contributed by atoms with E-state index in [2.05, 4.69) is 5.10 Å². The highest BCUT2D eigenvalue weighted by molar-refractivity contribution is 6.37. The SMILES string of the molecule is CC[C@H](O)c1cc2n(n1)CCCN(C(=O)C(=O)C(C)(C)C)C2. The second-order valence-electron chi connectivity index (χ2n) is 6.87. The molecule has 0 unspecified atom stereocenters.